The zero-order chi connectivity index (χ0) is 30.5. The van der Waals surface area contributed by atoms with Gasteiger partial charge in [-0.2, -0.15) is 26.3 Å². The minimum atomic E-state index is -5.24. The van der Waals surface area contributed by atoms with Crippen LogP contribution in [0.15, 0.2) is 24.3 Å². The molecule has 2 rings (SSSR count). The molecule has 0 aromatic heterocycles. The van der Waals surface area contributed by atoms with Crippen molar-refractivity contribution in [2.45, 2.75) is 83.4 Å². The maximum absolute atomic E-state index is 13.9. The van der Waals surface area contributed by atoms with Crippen LogP contribution in [-0.4, -0.2) is 55.1 Å². The highest BCUT2D eigenvalue weighted by Gasteiger charge is 2.60. The summed E-state index contributed by atoms with van der Waals surface area (Å²) in [5.74, 6) is -6.43. The smallest absolute Gasteiger partial charge is 0.452 e. The highest BCUT2D eigenvalue weighted by molar-refractivity contribution is 5.97. The summed E-state index contributed by atoms with van der Waals surface area (Å²) in [4.78, 5) is 50.8. The Morgan fingerprint density at radius 1 is 0.825 bits per heavy atom. The number of carbonyl (C=O) groups excluding carboxylic acids is 4. The number of hydrogen-bond acceptors (Lipinski definition) is 5. The number of methoxy groups -OCH3 is 1. The molecule has 0 saturated heterocycles. The number of ketones is 1. The van der Waals surface area contributed by atoms with Crippen molar-refractivity contribution < 1.29 is 50.3 Å². The second-order valence-corrected chi connectivity index (χ2v) is 10.1. The van der Waals surface area contributed by atoms with E-state index in [1.165, 1.54) is 45.2 Å². The number of alkyl halides is 6. The number of ether oxygens (including phenoxy) is 1. The van der Waals surface area contributed by atoms with E-state index >= 15 is 0 Å². The highest BCUT2D eigenvalue weighted by Crippen LogP contribution is 2.49. The molecule has 1 aliphatic carbocycles. The van der Waals surface area contributed by atoms with E-state index in [4.69, 9.17) is 4.74 Å². The quantitative estimate of drug-likeness (QED) is 0.360. The third kappa shape index (κ3) is 7.66. The molecule has 0 radical (unpaired) electrons. The Labute approximate surface area is 227 Å². The molecule has 14 heteroatoms. The average molecular weight is 582 g/mol. The molecule has 1 saturated carbocycles. The fraction of sp³-hybridized carbons (Fsp3) is 0.615. The summed E-state index contributed by atoms with van der Waals surface area (Å²) in [6, 6.07) is 0.312. The molecule has 1 fully saturated rings. The maximum Gasteiger partial charge on any atom is 0.452 e. The van der Waals surface area contributed by atoms with Gasteiger partial charge >= 0.3 is 12.4 Å². The topological polar surface area (TPSA) is 114 Å². The number of halogens is 6. The van der Waals surface area contributed by atoms with Gasteiger partial charge in [0.1, 0.15) is 23.2 Å². The van der Waals surface area contributed by atoms with Crippen molar-refractivity contribution in [1.82, 2.24) is 16.0 Å². The van der Waals surface area contributed by atoms with Gasteiger partial charge in [-0.1, -0.05) is 45.2 Å². The van der Waals surface area contributed by atoms with Gasteiger partial charge in [-0.25, -0.2) is 0 Å². The summed E-state index contributed by atoms with van der Waals surface area (Å²) in [5, 5.41) is 6.38. The van der Waals surface area contributed by atoms with Gasteiger partial charge in [0.25, 0.3) is 5.78 Å². The summed E-state index contributed by atoms with van der Waals surface area (Å²) in [5.41, 5.74) is -2.58. The van der Waals surface area contributed by atoms with Crippen molar-refractivity contribution in [2.24, 2.45) is 11.3 Å². The Balaban J connectivity index is 2.31. The van der Waals surface area contributed by atoms with Gasteiger partial charge in [-0.05, 0) is 43.4 Å². The van der Waals surface area contributed by atoms with Gasteiger partial charge in [0.15, 0.2) is 0 Å². The molecule has 8 nitrogen and oxygen atoms in total. The van der Waals surface area contributed by atoms with Crippen LogP contribution in [0.4, 0.5) is 26.3 Å². The van der Waals surface area contributed by atoms with Crippen LogP contribution in [-0.2, 0) is 19.2 Å². The first kappa shape index (κ1) is 32.9. The van der Waals surface area contributed by atoms with Crippen molar-refractivity contribution in [3.05, 3.63) is 29.8 Å². The lowest BCUT2D eigenvalue weighted by molar-refractivity contribution is -0.230. The molecule has 3 unspecified atom stereocenters. The number of rotatable bonds is 10. The van der Waals surface area contributed by atoms with Gasteiger partial charge < -0.3 is 20.7 Å². The predicted molar refractivity (Wildman–Crippen MR) is 131 cm³/mol. The minimum absolute atomic E-state index is 0.0752. The van der Waals surface area contributed by atoms with Crippen LogP contribution in [0.3, 0.4) is 0 Å². The average Bonchev–Trinajstić information content (AvgIpc) is 2.88. The summed E-state index contributed by atoms with van der Waals surface area (Å²) < 4.78 is 86.1. The Morgan fingerprint density at radius 3 is 1.82 bits per heavy atom. The second-order valence-electron chi connectivity index (χ2n) is 10.1. The molecule has 224 valence electrons. The Bertz CT molecular complexity index is 1070. The summed E-state index contributed by atoms with van der Waals surface area (Å²) >= 11 is 0. The van der Waals surface area contributed by atoms with E-state index in [1.54, 1.807) is 0 Å². The van der Waals surface area contributed by atoms with Crippen LogP contribution in [0.1, 0.15) is 64.5 Å². The van der Waals surface area contributed by atoms with Gasteiger partial charge in [0, 0.05) is 0 Å². The monoisotopic (exact) mass is 581 g/mol. The third-order valence-electron chi connectivity index (χ3n) is 6.95. The molecule has 1 aliphatic rings. The predicted octanol–water partition coefficient (Wildman–Crippen LogP) is 4.14. The zero-order valence-corrected chi connectivity index (χ0v) is 22.5. The first-order valence-corrected chi connectivity index (χ1v) is 12.7. The molecular weight excluding hydrogens is 548 g/mol. The van der Waals surface area contributed by atoms with Crippen LogP contribution in [0, 0.1) is 11.3 Å². The molecule has 0 bridgehead atoms. The summed E-state index contributed by atoms with van der Waals surface area (Å²) in [7, 11) is 1.36. The Morgan fingerprint density at radius 2 is 1.38 bits per heavy atom. The van der Waals surface area contributed by atoms with E-state index in [-0.39, 0.29) is 18.4 Å². The van der Waals surface area contributed by atoms with Crippen LogP contribution >= 0.6 is 0 Å². The lowest BCUT2D eigenvalue weighted by Gasteiger charge is -2.38. The second kappa shape index (κ2) is 12.9. The van der Waals surface area contributed by atoms with Crippen molar-refractivity contribution in [1.29, 1.82) is 0 Å². The van der Waals surface area contributed by atoms with Gasteiger partial charge in [-0.15, -0.1) is 0 Å². The number of hydrogen-bond donors (Lipinski definition) is 3. The van der Waals surface area contributed by atoms with Crippen molar-refractivity contribution >= 4 is 23.5 Å². The van der Waals surface area contributed by atoms with E-state index in [0.717, 1.165) is 6.92 Å². The first-order valence-electron chi connectivity index (χ1n) is 12.7. The zero-order valence-electron chi connectivity index (χ0n) is 22.5. The normalized spacial score (nSPS) is 17.8. The summed E-state index contributed by atoms with van der Waals surface area (Å²) in [6.45, 7) is 3.69. The van der Waals surface area contributed by atoms with E-state index in [9.17, 15) is 45.5 Å². The van der Waals surface area contributed by atoms with Gasteiger partial charge in [0.2, 0.25) is 17.7 Å². The number of carbonyl (C=O) groups is 4. The Kier molecular flexibility index (Phi) is 10.6. The molecule has 1 aromatic carbocycles. The Hall–Kier alpha value is -3.32. The summed E-state index contributed by atoms with van der Waals surface area (Å²) in [6.07, 6.45) is -10.1. The number of amides is 3. The maximum atomic E-state index is 13.9. The standard InChI is InChI=1S/C26H33F6N3O5/c1-14(2)18(20(36)25(27,28)29)34-22(38)19(16-8-10-17(40-4)11-9-16)35-21(37)15(3)33-23(39)24(26(30,31)32)12-6-5-7-13-24/h8-11,14-15,18-19H,5-7,12-13H2,1-4H3,(H,33,39)(H,34,38)(H,35,37). The highest BCUT2D eigenvalue weighted by atomic mass is 19.4. The van der Waals surface area contributed by atoms with Crippen LogP contribution in [0.5, 0.6) is 5.75 Å². The van der Waals surface area contributed by atoms with E-state index in [2.05, 4.69) is 10.6 Å². The van der Waals surface area contributed by atoms with Crippen LogP contribution in [0.2, 0.25) is 0 Å². The van der Waals surface area contributed by atoms with Crippen LogP contribution in [0.25, 0.3) is 0 Å². The van der Waals surface area contributed by atoms with Crippen molar-refractivity contribution in [3.63, 3.8) is 0 Å². The third-order valence-corrected chi connectivity index (χ3v) is 6.95. The number of benzene rings is 1. The first-order chi connectivity index (χ1) is 18.4. The molecule has 3 atom stereocenters. The fourth-order valence-electron chi connectivity index (χ4n) is 4.51. The minimum Gasteiger partial charge on any atom is -0.497 e. The number of Topliss-reactive ketones (excluding diaryl/α,β-unsaturated/α-hetero) is 1. The largest absolute Gasteiger partial charge is 0.497 e. The SMILES string of the molecule is COc1ccc(C(NC(=O)C(C)NC(=O)C2(C(F)(F)F)CCCCC2)C(=O)NC(C(=O)C(F)(F)F)C(C)C)cc1. The van der Waals surface area contributed by atoms with Gasteiger partial charge in [0.05, 0.1) is 13.2 Å². The molecule has 3 N–H and O–H groups in total. The molecule has 3 amide bonds. The van der Waals surface area contributed by atoms with Crippen LogP contribution < -0.4 is 20.7 Å². The molecule has 0 spiro atoms. The van der Waals surface area contributed by atoms with Gasteiger partial charge in [-0.3, -0.25) is 19.2 Å². The molecule has 1 aromatic rings. The van der Waals surface area contributed by atoms with E-state index in [1.807, 2.05) is 5.32 Å². The molecular formula is C26H33F6N3O5. The molecule has 0 heterocycles. The molecule has 40 heavy (non-hydrogen) atoms. The lowest BCUT2D eigenvalue weighted by atomic mass is 9.72. The lowest BCUT2D eigenvalue weighted by Crippen LogP contribution is -2.57. The van der Waals surface area contributed by atoms with Crippen molar-refractivity contribution in [3.8, 4) is 5.75 Å². The molecule has 0 aliphatic heterocycles. The number of nitrogens with one attached hydrogen (secondary N) is 3. The van der Waals surface area contributed by atoms with E-state index in [0.29, 0.717) is 12.2 Å². The van der Waals surface area contributed by atoms with E-state index < -0.39 is 78.2 Å². The fourth-order valence-corrected chi connectivity index (χ4v) is 4.51. The van der Waals surface area contributed by atoms with Crippen molar-refractivity contribution in [2.75, 3.05) is 7.11 Å².